The van der Waals surface area contributed by atoms with E-state index in [1.807, 2.05) is 0 Å². The highest BCUT2D eigenvalue weighted by Gasteiger charge is 2.23. The van der Waals surface area contributed by atoms with Crippen LogP contribution in [0.25, 0.3) is 0 Å². The van der Waals surface area contributed by atoms with Crippen molar-refractivity contribution in [1.29, 1.82) is 0 Å². The number of carboxylic acids is 1. The number of carboxylic acid groups (broad SMARTS) is 1. The summed E-state index contributed by atoms with van der Waals surface area (Å²) in [4.78, 5) is 10.7. The van der Waals surface area contributed by atoms with Gasteiger partial charge in [0.05, 0.1) is 17.4 Å². The summed E-state index contributed by atoms with van der Waals surface area (Å²) >= 11 is 10.1. The zero-order valence-corrected chi connectivity index (χ0v) is 10.2. The summed E-state index contributed by atoms with van der Waals surface area (Å²) in [7, 11) is 1.50. The van der Waals surface area contributed by atoms with Crippen LogP contribution < -0.4 is 10.5 Å². The van der Waals surface area contributed by atoms with Crippen molar-refractivity contribution in [2.75, 3.05) is 7.11 Å². The van der Waals surface area contributed by atoms with Crippen LogP contribution in [-0.2, 0) is 4.79 Å². The SMILES string of the molecule is COc1ccc(C(S)C(N)C(=O)O)cc1Cl. The van der Waals surface area contributed by atoms with Crippen molar-refractivity contribution in [1.82, 2.24) is 0 Å². The summed E-state index contributed by atoms with van der Waals surface area (Å²) in [6, 6.07) is 3.86. The Morgan fingerprint density at radius 3 is 2.69 bits per heavy atom. The van der Waals surface area contributed by atoms with Crippen LogP contribution in [0.1, 0.15) is 10.8 Å². The Morgan fingerprint density at radius 1 is 1.62 bits per heavy atom. The van der Waals surface area contributed by atoms with Gasteiger partial charge in [-0.15, -0.1) is 0 Å². The quantitative estimate of drug-likeness (QED) is 0.722. The van der Waals surface area contributed by atoms with Crippen molar-refractivity contribution in [2.45, 2.75) is 11.3 Å². The number of halogens is 1. The fraction of sp³-hybridized carbons (Fsp3) is 0.300. The minimum Gasteiger partial charge on any atom is -0.495 e. The van der Waals surface area contributed by atoms with Crippen LogP contribution in [-0.4, -0.2) is 24.2 Å². The van der Waals surface area contributed by atoms with Gasteiger partial charge in [-0.1, -0.05) is 17.7 Å². The number of rotatable bonds is 4. The molecule has 3 N–H and O–H groups in total. The molecule has 0 aliphatic rings. The Balaban J connectivity index is 2.97. The molecular weight excluding hydrogens is 250 g/mol. The van der Waals surface area contributed by atoms with E-state index in [0.29, 0.717) is 16.3 Å². The first-order valence-corrected chi connectivity index (χ1v) is 5.36. The maximum absolute atomic E-state index is 10.7. The van der Waals surface area contributed by atoms with E-state index in [1.54, 1.807) is 18.2 Å². The van der Waals surface area contributed by atoms with Crippen molar-refractivity contribution >= 4 is 30.2 Å². The summed E-state index contributed by atoms with van der Waals surface area (Å²) in [5.41, 5.74) is 6.11. The summed E-state index contributed by atoms with van der Waals surface area (Å²) in [5, 5.41) is 8.54. The Morgan fingerprint density at radius 2 is 2.25 bits per heavy atom. The van der Waals surface area contributed by atoms with Gasteiger partial charge in [0, 0.05) is 0 Å². The minimum atomic E-state index is -1.10. The zero-order valence-electron chi connectivity index (χ0n) is 8.55. The van der Waals surface area contributed by atoms with Crippen LogP contribution in [0.15, 0.2) is 18.2 Å². The topological polar surface area (TPSA) is 72.5 Å². The molecule has 2 unspecified atom stereocenters. The zero-order chi connectivity index (χ0) is 12.3. The number of thiol groups is 1. The van der Waals surface area contributed by atoms with Crippen LogP contribution in [0.2, 0.25) is 5.02 Å². The molecule has 0 aromatic heterocycles. The average Bonchev–Trinajstić information content (AvgIpc) is 2.26. The molecule has 0 saturated heterocycles. The van der Waals surface area contributed by atoms with Crippen LogP contribution in [0.3, 0.4) is 0 Å². The maximum atomic E-state index is 10.7. The van der Waals surface area contributed by atoms with Crippen molar-refractivity contribution in [3.05, 3.63) is 28.8 Å². The molecule has 6 heteroatoms. The molecule has 16 heavy (non-hydrogen) atoms. The Kier molecular flexibility index (Phi) is 4.46. The first-order valence-electron chi connectivity index (χ1n) is 4.47. The fourth-order valence-corrected chi connectivity index (χ4v) is 1.76. The van der Waals surface area contributed by atoms with E-state index >= 15 is 0 Å². The molecule has 1 aromatic rings. The van der Waals surface area contributed by atoms with Crippen LogP contribution in [0.5, 0.6) is 5.75 Å². The van der Waals surface area contributed by atoms with Gasteiger partial charge in [0.2, 0.25) is 0 Å². The van der Waals surface area contributed by atoms with Gasteiger partial charge in [0.15, 0.2) is 0 Å². The standard InChI is InChI=1S/C10H12ClNO3S/c1-15-7-3-2-5(4-6(7)11)9(16)8(12)10(13)14/h2-4,8-9,16H,12H2,1H3,(H,13,14). The molecule has 88 valence electrons. The monoisotopic (exact) mass is 261 g/mol. The number of ether oxygens (including phenoxy) is 1. The molecule has 4 nitrogen and oxygen atoms in total. The second kappa shape index (κ2) is 5.43. The molecule has 0 spiro atoms. The molecule has 0 aliphatic heterocycles. The second-order valence-electron chi connectivity index (χ2n) is 3.20. The summed E-state index contributed by atoms with van der Waals surface area (Å²) in [6.45, 7) is 0. The molecule has 1 aromatic carbocycles. The number of aliphatic carboxylic acids is 1. The smallest absolute Gasteiger partial charge is 0.321 e. The van der Waals surface area contributed by atoms with Gasteiger partial charge in [-0.05, 0) is 17.7 Å². The van der Waals surface area contributed by atoms with E-state index < -0.39 is 17.3 Å². The fourth-order valence-electron chi connectivity index (χ4n) is 1.21. The molecule has 0 radical (unpaired) electrons. The second-order valence-corrected chi connectivity index (χ2v) is 4.17. The number of benzene rings is 1. The lowest BCUT2D eigenvalue weighted by molar-refractivity contribution is -0.138. The number of nitrogens with two attached hydrogens (primary N) is 1. The van der Waals surface area contributed by atoms with Crippen molar-refractivity contribution in [2.24, 2.45) is 5.73 Å². The molecular formula is C10H12ClNO3S. The molecule has 0 saturated carbocycles. The Bertz CT molecular complexity index is 400. The summed E-state index contributed by atoms with van der Waals surface area (Å²) in [6.07, 6.45) is 0. The molecule has 0 heterocycles. The lowest BCUT2D eigenvalue weighted by Gasteiger charge is -2.16. The summed E-state index contributed by atoms with van der Waals surface area (Å²) in [5.74, 6) is -0.582. The highest BCUT2D eigenvalue weighted by atomic mass is 35.5. The molecule has 2 atom stereocenters. The lowest BCUT2D eigenvalue weighted by atomic mass is 10.1. The van der Waals surface area contributed by atoms with E-state index in [9.17, 15) is 4.79 Å². The number of hydrogen-bond donors (Lipinski definition) is 3. The first kappa shape index (κ1) is 13.2. The maximum Gasteiger partial charge on any atom is 0.321 e. The van der Waals surface area contributed by atoms with Gasteiger partial charge in [-0.25, -0.2) is 0 Å². The highest BCUT2D eigenvalue weighted by molar-refractivity contribution is 7.80. The third kappa shape index (κ3) is 2.81. The van der Waals surface area contributed by atoms with Gasteiger partial charge in [0.25, 0.3) is 0 Å². The Labute approximate surface area is 104 Å². The van der Waals surface area contributed by atoms with Crippen molar-refractivity contribution in [3.8, 4) is 5.75 Å². The summed E-state index contributed by atoms with van der Waals surface area (Å²) < 4.78 is 4.98. The van der Waals surface area contributed by atoms with Gasteiger partial charge in [-0.2, -0.15) is 12.6 Å². The number of carbonyl (C=O) groups is 1. The van der Waals surface area contributed by atoms with E-state index in [0.717, 1.165) is 0 Å². The lowest BCUT2D eigenvalue weighted by Crippen LogP contribution is -2.34. The minimum absolute atomic E-state index is 0.400. The van der Waals surface area contributed by atoms with E-state index in [1.165, 1.54) is 7.11 Å². The van der Waals surface area contributed by atoms with Crippen LogP contribution >= 0.6 is 24.2 Å². The number of methoxy groups -OCH3 is 1. The molecule has 0 amide bonds. The largest absolute Gasteiger partial charge is 0.495 e. The van der Waals surface area contributed by atoms with Crippen molar-refractivity contribution in [3.63, 3.8) is 0 Å². The predicted molar refractivity (Wildman–Crippen MR) is 65.3 cm³/mol. The third-order valence-corrected chi connectivity index (χ3v) is 3.06. The van der Waals surface area contributed by atoms with Crippen molar-refractivity contribution < 1.29 is 14.6 Å². The van der Waals surface area contributed by atoms with Crippen LogP contribution in [0.4, 0.5) is 0 Å². The van der Waals surface area contributed by atoms with E-state index in [-0.39, 0.29) is 0 Å². The van der Waals surface area contributed by atoms with E-state index in [4.69, 9.17) is 27.2 Å². The van der Waals surface area contributed by atoms with Gasteiger partial charge < -0.3 is 15.6 Å². The average molecular weight is 262 g/mol. The first-order chi connectivity index (χ1) is 7.47. The van der Waals surface area contributed by atoms with Gasteiger partial charge in [0.1, 0.15) is 11.8 Å². The third-order valence-electron chi connectivity index (χ3n) is 2.14. The van der Waals surface area contributed by atoms with E-state index in [2.05, 4.69) is 12.6 Å². The van der Waals surface area contributed by atoms with Gasteiger partial charge in [-0.3, -0.25) is 4.79 Å². The molecule has 0 aliphatic carbocycles. The molecule has 0 bridgehead atoms. The predicted octanol–water partition coefficient (Wildman–Crippen LogP) is 1.73. The number of hydrogen-bond acceptors (Lipinski definition) is 4. The van der Waals surface area contributed by atoms with Gasteiger partial charge >= 0.3 is 5.97 Å². The Hall–Kier alpha value is -0.910. The molecule has 0 fully saturated rings. The van der Waals surface area contributed by atoms with Crippen LogP contribution in [0, 0.1) is 0 Å². The normalized spacial score (nSPS) is 14.2. The highest BCUT2D eigenvalue weighted by Crippen LogP contribution is 2.31. The molecule has 1 rings (SSSR count).